The highest BCUT2D eigenvalue weighted by atomic mass is 16.2. The van der Waals surface area contributed by atoms with E-state index in [0.717, 1.165) is 26.1 Å². The van der Waals surface area contributed by atoms with Crippen LogP contribution in [0.3, 0.4) is 0 Å². The summed E-state index contributed by atoms with van der Waals surface area (Å²) >= 11 is 0. The van der Waals surface area contributed by atoms with Crippen LogP contribution in [0.15, 0.2) is 24.5 Å². The largest absolute Gasteiger partial charge is 0.342 e. The maximum atomic E-state index is 11.7. The van der Waals surface area contributed by atoms with Gasteiger partial charge in [-0.1, -0.05) is 0 Å². The number of nitrogens with zero attached hydrogens (tertiary/aromatic N) is 2. The van der Waals surface area contributed by atoms with Gasteiger partial charge in [-0.05, 0) is 44.5 Å². The number of hydrogen-bond donors (Lipinski definition) is 1. The van der Waals surface area contributed by atoms with Crippen LogP contribution in [0.1, 0.15) is 19.4 Å². The average molecular weight is 235 g/mol. The number of rotatable bonds is 7. The lowest BCUT2D eigenvalue weighted by Gasteiger charge is -2.18. The summed E-state index contributed by atoms with van der Waals surface area (Å²) in [4.78, 5) is 17.5. The van der Waals surface area contributed by atoms with Gasteiger partial charge in [-0.15, -0.1) is 0 Å². The molecular weight excluding hydrogens is 214 g/mol. The minimum atomic E-state index is 0.171. The minimum Gasteiger partial charge on any atom is -0.342 e. The SMILES string of the molecule is CCN(CC)C(=O)CNCCc1ccncc1. The Hall–Kier alpha value is -1.42. The Bertz CT molecular complexity index is 323. The van der Waals surface area contributed by atoms with Gasteiger partial charge in [0.1, 0.15) is 0 Å². The maximum Gasteiger partial charge on any atom is 0.236 e. The second kappa shape index (κ2) is 7.79. The molecule has 4 nitrogen and oxygen atoms in total. The van der Waals surface area contributed by atoms with Crippen molar-refractivity contribution >= 4 is 5.91 Å². The molecule has 1 aromatic rings. The van der Waals surface area contributed by atoms with Gasteiger partial charge in [-0.25, -0.2) is 0 Å². The number of likely N-dealkylation sites (N-methyl/N-ethyl adjacent to an activating group) is 1. The summed E-state index contributed by atoms with van der Waals surface area (Å²) < 4.78 is 0. The van der Waals surface area contributed by atoms with Crippen molar-refractivity contribution in [3.8, 4) is 0 Å². The zero-order chi connectivity index (χ0) is 12.5. The van der Waals surface area contributed by atoms with Crippen LogP contribution in [0.25, 0.3) is 0 Å². The molecule has 0 bridgehead atoms. The molecule has 0 atom stereocenters. The topological polar surface area (TPSA) is 45.2 Å². The summed E-state index contributed by atoms with van der Waals surface area (Å²) in [5.74, 6) is 0.171. The van der Waals surface area contributed by atoms with Crippen molar-refractivity contribution in [2.45, 2.75) is 20.3 Å². The third kappa shape index (κ3) is 4.95. The van der Waals surface area contributed by atoms with Gasteiger partial charge in [-0.3, -0.25) is 9.78 Å². The predicted octanol–water partition coefficient (Wildman–Crippen LogP) is 1.08. The molecule has 1 aromatic heterocycles. The fourth-order valence-corrected chi connectivity index (χ4v) is 1.67. The normalized spacial score (nSPS) is 10.2. The van der Waals surface area contributed by atoms with Gasteiger partial charge >= 0.3 is 0 Å². The summed E-state index contributed by atoms with van der Waals surface area (Å²) in [6, 6.07) is 3.99. The highest BCUT2D eigenvalue weighted by Crippen LogP contribution is 1.96. The molecule has 4 heteroatoms. The van der Waals surface area contributed by atoms with Crippen LogP contribution < -0.4 is 5.32 Å². The third-order valence-corrected chi connectivity index (χ3v) is 2.73. The molecule has 0 radical (unpaired) electrons. The van der Waals surface area contributed by atoms with Gasteiger partial charge in [-0.2, -0.15) is 0 Å². The van der Waals surface area contributed by atoms with Crippen molar-refractivity contribution in [1.29, 1.82) is 0 Å². The van der Waals surface area contributed by atoms with E-state index in [4.69, 9.17) is 0 Å². The molecule has 0 saturated heterocycles. The molecule has 0 spiro atoms. The van der Waals surface area contributed by atoms with E-state index in [1.165, 1.54) is 5.56 Å². The van der Waals surface area contributed by atoms with Gasteiger partial charge in [0.2, 0.25) is 5.91 Å². The molecule has 1 N–H and O–H groups in total. The highest BCUT2D eigenvalue weighted by Gasteiger charge is 2.07. The van der Waals surface area contributed by atoms with Crippen molar-refractivity contribution in [1.82, 2.24) is 15.2 Å². The van der Waals surface area contributed by atoms with Crippen LogP contribution >= 0.6 is 0 Å². The first-order valence-electron chi connectivity index (χ1n) is 6.15. The Morgan fingerprint density at radius 3 is 2.53 bits per heavy atom. The van der Waals surface area contributed by atoms with Gasteiger partial charge in [0.15, 0.2) is 0 Å². The number of pyridine rings is 1. The molecule has 1 rings (SSSR count). The zero-order valence-corrected chi connectivity index (χ0v) is 10.6. The lowest BCUT2D eigenvalue weighted by Crippen LogP contribution is -2.38. The lowest BCUT2D eigenvalue weighted by atomic mass is 10.2. The fourth-order valence-electron chi connectivity index (χ4n) is 1.67. The van der Waals surface area contributed by atoms with Crippen molar-refractivity contribution < 1.29 is 4.79 Å². The van der Waals surface area contributed by atoms with E-state index in [0.29, 0.717) is 6.54 Å². The molecule has 1 heterocycles. The minimum absolute atomic E-state index is 0.171. The molecule has 94 valence electrons. The highest BCUT2D eigenvalue weighted by molar-refractivity contribution is 5.78. The molecule has 0 unspecified atom stereocenters. The molecule has 0 aliphatic carbocycles. The Morgan fingerprint density at radius 1 is 1.29 bits per heavy atom. The monoisotopic (exact) mass is 235 g/mol. The molecule has 0 aromatic carbocycles. The third-order valence-electron chi connectivity index (χ3n) is 2.73. The van der Waals surface area contributed by atoms with Crippen molar-refractivity contribution in [2.75, 3.05) is 26.2 Å². The first-order valence-corrected chi connectivity index (χ1v) is 6.15. The van der Waals surface area contributed by atoms with Crippen LogP contribution in [-0.4, -0.2) is 42.0 Å². The number of carbonyl (C=O) groups excluding carboxylic acids is 1. The molecular formula is C13H21N3O. The van der Waals surface area contributed by atoms with E-state index in [1.54, 1.807) is 12.4 Å². The van der Waals surface area contributed by atoms with Gasteiger partial charge in [0, 0.05) is 25.5 Å². The standard InChI is InChI=1S/C13H21N3O/c1-3-16(4-2)13(17)11-15-10-7-12-5-8-14-9-6-12/h5-6,8-9,15H,3-4,7,10-11H2,1-2H3. The quantitative estimate of drug-likeness (QED) is 0.719. The van der Waals surface area contributed by atoms with E-state index < -0.39 is 0 Å². The van der Waals surface area contributed by atoms with Gasteiger partial charge in [0.05, 0.1) is 6.54 Å². The number of carbonyl (C=O) groups is 1. The molecule has 0 saturated carbocycles. The average Bonchev–Trinajstić information content (AvgIpc) is 2.37. The Labute approximate surface area is 103 Å². The molecule has 0 aliphatic heterocycles. The van der Waals surface area contributed by atoms with E-state index in [2.05, 4.69) is 10.3 Å². The first kappa shape index (κ1) is 13.6. The summed E-state index contributed by atoms with van der Waals surface area (Å²) in [6.45, 7) is 6.79. The van der Waals surface area contributed by atoms with Crippen molar-refractivity contribution in [3.63, 3.8) is 0 Å². The molecule has 0 fully saturated rings. The van der Waals surface area contributed by atoms with E-state index in [9.17, 15) is 4.79 Å². The first-order chi connectivity index (χ1) is 8.27. The number of hydrogen-bond acceptors (Lipinski definition) is 3. The molecule has 0 aliphatic rings. The number of nitrogens with one attached hydrogen (secondary N) is 1. The zero-order valence-electron chi connectivity index (χ0n) is 10.6. The van der Waals surface area contributed by atoms with E-state index in [-0.39, 0.29) is 5.91 Å². The van der Waals surface area contributed by atoms with Gasteiger partial charge in [0.25, 0.3) is 0 Å². The summed E-state index contributed by atoms with van der Waals surface area (Å²) in [7, 11) is 0. The fraction of sp³-hybridized carbons (Fsp3) is 0.538. The Kier molecular flexibility index (Phi) is 6.25. The van der Waals surface area contributed by atoms with Crippen molar-refractivity contribution in [2.24, 2.45) is 0 Å². The van der Waals surface area contributed by atoms with Crippen LogP contribution in [0.5, 0.6) is 0 Å². The molecule has 17 heavy (non-hydrogen) atoms. The molecule has 1 amide bonds. The number of amides is 1. The Balaban J connectivity index is 2.18. The van der Waals surface area contributed by atoms with Crippen LogP contribution in [0.2, 0.25) is 0 Å². The summed E-state index contributed by atoms with van der Waals surface area (Å²) in [6.07, 6.45) is 4.50. The number of aromatic nitrogens is 1. The summed E-state index contributed by atoms with van der Waals surface area (Å²) in [5, 5.41) is 3.17. The predicted molar refractivity (Wildman–Crippen MR) is 68.7 cm³/mol. The van der Waals surface area contributed by atoms with Crippen LogP contribution in [0, 0.1) is 0 Å². The van der Waals surface area contributed by atoms with E-state index in [1.807, 2.05) is 30.9 Å². The Morgan fingerprint density at radius 2 is 1.94 bits per heavy atom. The van der Waals surface area contributed by atoms with Gasteiger partial charge < -0.3 is 10.2 Å². The smallest absolute Gasteiger partial charge is 0.236 e. The lowest BCUT2D eigenvalue weighted by molar-refractivity contribution is -0.129. The summed E-state index contributed by atoms with van der Waals surface area (Å²) in [5.41, 5.74) is 1.24. The van der Waals surface area contributed by atoms with Crippen LogP contribution in [0.4, 0.5) is 0 Å². The maximum absolute atomic E-state index is 11.7. The van der Waals surface area contributed by atoms with E-state index >= 15 is 0 Å². The van der Waals surface area contributed by atoms with Crippen LogP contribution in [-0.2, 0) is 11.2 Å². The van der Waals surface area contributed by atoms with Crippen molar-refractivity contribution in [3.05, 3.63) is 30.1 Å². The second-order valence-corrected chi connectivity index (χ2v) is 3.85. The second-order valence-electron chi connectivity index (χ2n) is 3.85.